The Bertz CT molecular complexity index is 658. The van der Waals surface area contributed by atoms with Crippen molar-refractivity contribution in [1.29, 1.82) is 0 Å². The van der Waals surface area contributed by atoms with Gasteiger partial charge in [-0.25, -0.2) is 4.79 Å². The van der Waals surface area contributed by atoms with E-state index < -0.39 is 17.5 Å². The molecule has 2 heterocycles. The van der Waals surface area contributed by atoms with Crippen LogP contribution in [0.5, 0.6) is 0 Å². The number of nitrogens with two attached hydrogens (primary N) is 1. The topological polar surface area (TPSA) is 105 Å². The number of nitrogens with zero attached hydrogens (tertiary/aromatic N) is 1. The van der Waals surface area contributed by atoms with Crippen molar-refractivity contribution in [1.82, 2.24) is 15.5 Å². The summed E-state index contributed by atoms with van der Waals surface area (Å²) in [6.45, 7) is 2.82. The third-order valence-electron chi connectivity index (χ3n) is 4.66. The van der Waals surface area contributed by atoms with Crippen LogP contribution >= 0.6 is 0 Å². The highest BCUT2D eigenvalue weighted by molar-refractivity contribution is 6.07. The largest absolute Gasteiger partial charge is 0.334 e. The summed E-state index contributed by atoms with van der Waals surface area (Å²) in [5.41, 5.74) is 5.80. The number of benzene rings is 1. The molecule has 4 N–H and O–H groups in total. The quantitative estimate of drug-likeness (QED) is 0.698. The van der Waals surface area contributed by atoms with Gasteiger partial charge in [-0.3, -0.25) is 14.9 Å². The van der Waals surface area contributed by atoms with Gasteiger partial charge in [0, 0.05) is 24.7 Å². The maximum absolute atomic E-state index is 12.6. The molecule has 2 saturated heterocycles. The standard InChI is InChI=1S/C16H20N4O3/c1-16(14(22)18-15(23)19-16)11-6-4-10(5-7-11)13(21)20-8-2-3-12(20)9-17/h4-7,12H,2-3,8-9,17H2,1H3,(H2,18,19,22,23)/t12-,16+/m1/s1. The molecule has 0 saturated carbocycles. The summed E-state index contributed by atoms with van der Waals surface area (Å²) in [5, 5.41) is 4.83. The van der Waals surface area contributed by atoms with Gasteiger partial charge in [-0.15, -0.1) is 0 Å². The number of imide groups is 1. The van der Waals surface area contributed by atoms with E-state index in [4.69, 9.17) is 5.73 Å². The first-order chi connectivity index (χ1) is 11.0. The minimum absolute atomic E-state index is 0.0467. The Hall–Kier alpha value is -2.41. The molecule has 23 heavy (non-hydrogen) atoms. The van der Waals surface area contributed by atoms with Gasteiger partial charge in [-0.1, -0.05) is 12.1 Å². The Morgan fingerprint density at radius 2 is 2.04 bits per heavy atom. The molecule has 1 aromatic carbocycles. The van der Waals surface area contributed by atoms with Crippen LogP contribution in [0.4, 0.5) is 4.79 Å². The van der Waals surface area contributed by atoms with Crippen molar-refractivity contribution in [2.75, 3.05) is 13.1 Å². The Morgan fingerprint density at radius 1 is 1.35 bits per heavy atom. The van der Waals surface area contributed by atoms with E-state index >= 15 is 0 Å². The molecular formula is C16H20N4O3. The summed E-state index contributed by atoms with van der Waals surface area (Å²) in [7, 11) is 0. The zero-order valence-electron chi connectivity index (χ0n) is 13.0. The molecule has 7 heteroatoms. The SMILES string of the molecule is C[C@@]1(c2ccc(C(=O)N3CCC[C@@H]3CN)cc2)NC(=O)NC1=O. The number of urea groups is 1. The van der Waals surface area contributed by atoms with E-state index in [2.05, 4.69) is 10.6 Å². The van der Waals surface area contributed by atoms with Crippen LogP contribution < -0.4 is 16.4 Å². The van der Waals surface area contributed by atoms with E-state index in [0.29, 0.717) is 17.7 Å². The molecule has 2 aliphatic rings. The highest BCUT2D eigenvalue weighted by atomic mass is 16.2. The summed E-state index contributed by atoms with van der Waals surface area (Å²) in [5.74, 6) is -0.445. The predicted molar refractivity (Wildman–Crippen MR) is 83.6 cm³/mol. The molecule has 0 spiro atoms. The summed E-state index contributed by atoms with van der Waals surface area (Å²) in [6, 6.07) is 6.36. The lowest BCUT2D eigenvalue weighted by Crippen LogP contribution is -2.41. The van der Waals surface area contributed by atoms with Crippen molar-refractivity contribution < 1.29 is 14.4 Å². The van der Waals surface area contributed by atoms with Crippen LogP contribution in [0.25, 0.3) is 0 Å². The number of likely N-dealkylation sites (tertiary alicyclic amines) is 1. The van der Waals surface area contributed by atoms with Crippen LogP contribution in [0.15, 0.2) is 24.3 Å². The zero-order valence-corrected chi connectivity index (χ0v) is 13.0. The Balaban J connectivity index is 1.81. The fourth-order valence-electron chi connectivity index (χ4n) is 3.21. The molecular weight excluding hydrogens is 296 g/mol. The number of hydrogen-bond donors (Lipinski definition) is 3. The number of amides is 4. The second-order valence-electron chi connectivity index (χ2n) is 6.14. The summed E-state index contributed by atoms with van der Waals surface area (Å²) in [4.78, 5) is 37.7. The monoisotopic (exact) mass is 316 g/mol. The van der Waals surface area contributed by atoms with Crippen LogP contribution in [0.2, 0.25) is 0 Å². The van der Waals surface area contributed by atoms with Gasteiger partial charge in [-0.05, 0) is 37.5 Å². The highest BCUT2D eigenvalue weighted by Crippen LogP contribution is 2.25. The van der Waals surface area contributed by atoms with Crippen molar-refractivity contribution in [3.05, 3.63) is 35.4 Å². The van der Waals surface area contributed by atoms with E-state index in [-0.39, 0.29) is 11.9 Å². The molecule has 0 bridgehead atoms. The van der Waals surface area contributed by atoms with E-state index in [9.17, 15) is 14.4 Å². The average molecular weight is 316 g/mol. The first-order valence-corrected chi connectivity index (χ1v) is 7.71. The molecule has 1 aromatic rings. The van der Waals surface area contributed by atoms with Crippen LogP contribution in [-0.4, -0.2) is 41.9 Å². The zero-order chi connectivity index (χ0) is 16.6. The van der Waals surface area contributed by atoms with Gasteiger partial charge >= 0.3 is 6.03 Å². The Morgan fingerprint density at radius 3 is 2.61 bits per heavy atom. The lowest BCUT2D eigenvalue weighted by atomic mass is 9.91. The molecule has 3 rings (SSSR count). The van der Waals surface area contributed by atoms with Crippen molar-refractivity contribution in [2.24, 2.45) is 5.73 Å². The number of carbonyl (C=O) groups is 3. The van der Waals surface area contributed by atoms with E-state index in [1.165, 1.54) is 0 Å². The normalized spacial score (nSPS) is 27.0. The van der Waals surface area contributed by atoms with Gasteiger partial charge in [0.1, 0.15) is 5.54 Å². The Labute approximate surface area is 134 Å². The van der Waals surface area contributed by atoms with Crippen LogP contribution in [0, 0.1) is 0 Å². The molecule has 2 atom stereocenters. The van der Waals surface area contributed by atoms with Gasteiger partial charge in [-0.2, -0.15) is 0 Å². The van der Waals surface area contributed by atoms with Crippen LogP contribution in [0.3, 0.4) is 0 Å². The summed E-state index contributed by atoms with van der Waals surface area (Å²) >= 11 is 0. The maximum atomic E-state index is 12.6. The molecule has 7 nitrogen and oxygen atoms in total. The van der Waals surface area contributed by atoms with Crippen LogP contribution in [0.1, 0.15) is 35.7 Å². The van der Waals surface area contributed by atoms with Gasteiger partial charge < -0.3 is 16.0 Å². The highest BCUT2D eigenvalue weighted by Gasteiger charge is 2.43. The lowest BCUT2D eigenvalue weighted by molar-refractivity contribution is -0.123. The maximum Gasteiger partial charge on any atom is 0.322 e. The van der Waals surface area contributed by atoms with Crippen molar-refractivity contribution in [2.45, 2.75) is 31.3 Å². The van der Waals surface area contributed by atoms with Gasteiger partial charge in [0.25, 0.3) is 11.8 Å². The fourth-order valence-corrected chi connectivity index (χ4v) is 3.21. The minimum Gasteiger partial charge on any atom is -0.334 e. The third kappa shape index (κ3) is 2.57. The average Bonchev–Trinajstić information content (AvgIpc) is 3.11. The van der Waals surface area contributed by atoms with Crippen LogP contribution in [-0.2, 0) is 10.3 Å². The summed E-state index contributed by atoms with van der Waals surface area (Å²) in [6.07, 6.45) is 1.90. The second-order valence-corrected chi connectivity index (χ2v) is 6.14. The fraction of sp³-hybridized carbons (Fsp3) is 0.438. The van der Waals surface area contributed by atoms with E-state index in [1.54, 1.807) is 36.1 Å². The van der Waals surface area contributed by atoms with E-state index in [1.807, 2.05) is 0 Å². The molecule has 0 aromatic heterocycles. The number of rotatable bonds is 3. The Kier molecular flexibility index (Phi) is 3.81. The molecule has 122 valence electrons. The van der Waals surface area contributed by atoms with Gasteiger partial charge in [0.2, 0.25) is 0 Å². The van der Waals surface area contributed by atoms with Crippen molar-refractivity contribution >= 4 is 17.8 Å². The number of carbonyl (C=O) groups excluding carboxylic acids is 3. The van der Waals surface area contributed by atoms with Gasteiger partial charge in [0.15, 0.2) is 0 Å². The summed E-state index contributed by atoms with van der Waals surface area (Å²) < 4.78 is 0. The minimum atomic E-state index is -1.11. The smallest absolute Gasteiger partial charge is 0.322 e. The third-order valence-corrected chi connectivity index (χ3v) is 4.66. The molecule has 0 unspecified atom stereocenters. The first kappa shape index (κ1) is 15.5. The van der Waals surface area contributed by atoms with E-state index in [0.717, 1.165) is 19.4 Å². The lowest BCUT2D eigenvalue weighted by Gasteiger charge is -2.24. The second kappa shape index (κ2) is 5.66. The molecule has 0 aliphatic carbocycles. The first-order valence-electron chi connectivity index (χ1n) is 7.71. The predicted octanol–water partition coefficient (Wildman–Crippen LogP) is 0.305. The van der Waals surface area contributed by atoms with Crippen molar-refractivity contribution in [3.8, 4) is 0 Å². The van der Waals surface area contributed by atoms with Crippen molar-refractivity contribution in [3.63, 3.8) is 0 Å². The van der Waals surface area contributed by atoms with Gasteiger partial charge in [0.05, 0.1) is 0 Å². The molecule has 0 radical (unpaired) electrons. The number of hydrogen-bond acceptors (Lipinski definition) is 4. The molecule has 2 fully saturated rings. The molecule has 2 aliphatic heterocycles. The molecule has 4 amide bonds. The number of nitrogens with one attached hydrogen (secondary N) is 2.